The highest BCUT2D eigenvalue weighted by Gasteiger charge is 2.30. The van der Waals surface area contributed by atoms with Crippen LogP contribution in [0.5, 0.6) is 0 Å². The lowest BCUT2D eigenvalue weighted by molar-refractivity contribution is 0.181. The summed E-state index contributed by atoms with van der Waals surface area (Å²) >= 11 is 0. The normalized spacial score (nSPS) is 22.1. The van der Waals surface area contributed by atoms with Crippen LogP contribution < -0.4 is 5.32 Å². The molecule has 2 fully saturated rings. The van der Waals surface area contributed by atoms with Crippen molar-refractivity contribution in [2.24, 2.45) is 10.9 Å². The Morgan fingerprint density at radius 1 is 1.32 bits per heavy atom. The van der Waals surface area contributed by atoms with E-state index in [1.54, 1.807) is 0 Å². The summed E-state index contributed by atoms with van der Waals surface area (Å²) in [7, 11) is 3.99. The number of halogens is 1. The first-order valence-electron chi connectivity index (χ1n) is 8.37. The molecule has 2 aliphatic rings. The minimum Gasteiger partial charge on any atom is -0.381 e. The molecule has 0 bridgehead atoms. The lowest BCUT2D eigenvalue weighted by Gasteiger charge is -2.28. The molecule has 0 amide bonds. The third kappa shape index (κ3) is 6.20. The maximum Gasteiger partial charge on any atom is 0.193 e. The van der Waals surface area contributed by atoms with Crippen molar-refractivity contribution in [2.75, 3.05) is 46.9 Å². The summed E-state index contributed by atoms with van der Waals surface area (Å²) in [5, 5.41) is 3.50. The van der Waals surface area contributed by atoms with E-state index in [1.807, 2.05) is 7.05 Å². The predicted octanol–water partition coefficient (Wildman–Crippen LogP) is 2.02. The van der Waals surface area contributed by atoms with E-state index in [1.165, 1.54) is 19.3 Å². The van der Waals surface area contributed by atoms with E-state index in [4.69, 9.17) is 4.74 Å². The second kappa shape index (κ2) is 9.93. The second-order valence-corrected chi connectivity index (χ2v) is 6.65. The first-order chi connectivity index (χ1) is 10.1. The molecule has 22 heavy (non-hydrogen) atoms. The van der Waals surface area contributed by atoms with Crippen LogP contribution in [0.3, 0.4) is 0 Å². The average Bonchev–Trinajstić information content (AvgIpc) is 3.15. The van der Waals surface area contributed by atoms with Crippen molar-refractivity contribution in [3.8, 4) is 0 Å². The number of rotatable bonds is 7. The predicted molar refractivity (Wildman–Crippen MR) is 103 cm³/mol. The van der Waals surface area contributed by atoms with Crippen LogP contribution in [0.15, 0.2) is 4.99 Å². The van der Waals surface area contributed by atoms with Crippen LogP contribution in [0.4, 0.5) is 0 Å². The molecule has 0 aromatic heterocycles. The summed E-state index contributed by atoms with van der Waals surface area (Å²) in [5.41, 5.74) is 0. The zero-order chi connectivity index (χ0) is 15.2. The molecule has 1 aliphatic heterocycles. The van der Waals surface area contributed by atoms with Gasteiger partial charge in [0, 0.05) is 58.3 Å². The second-order valence-electron chi connectivity index (χ2n) is 6.65. The minimum atomic E-state index is 0. The molecule has 1 aliphatic carbocycles. The van der Waals surface area contributed by atoms with E-state index >= 15 is 0 Å². The number of ether oxygens (including phenoxy) is 1. The molecule has 0 radical (unpaired) electrons. The summed E-state index contributed by atoms with van der Waals surface area (Å²) in [6, 6.07) is 1.46. The number of guanidine groups is 1. The fourth-order valence-electron chi connectivity index (χ4n) is 3.15. The fraction of sp³-hybridized carbons (Fsp3) is 0.938. The van der Waals surface area contributed by atoms with Gasteiger partial charge >= 0.3 is 0 Å². The van der Waals surface area contributed by atoms with Gasteiger partial charge in [0.05, 0.1) is 6.61 Å². The summed E-state index contributed by atoms with van der Waals surface area (Å²) in [4.78, 5) is 9.24. The number of hydrogen-bond donors (Lipinski definition) is 1. The largest absolute Gasteiger partial charge is 0.381 e. The topological polar surface area (TPSA) is 40.1 Å². The van der Waals surface area contributed by atoms with Crippen molar-refractivity contribution in [1.29, 1.82) is 0 Å². The van der Waals surface area contributed by atoms with E-state index in [0.717, 1.165) is 44.8 Å². The van der Waals surface area contributed by atoms with Crippen molar-refractivity contribution in [1.82, 2.24) is 15.1 Å². The molecular formula is C16H33IN4O. The van der Waals surface area contributed by atoms with Crippen molar-refractivity contribution in [3.63, 3.8) is 0 Å². The van der Waals surface area contributed by atoms with Gasteiger partial charge in [-0.3, -0.25) is 9.89 Å². The highest BCUT2D eigenvalue weighted by Crippen LogP contribution is 2.27. The van der Waals surface area contributed by atoms with Crippen LogP contribution in [-0.2, 0) is 4.74 Å². The smallest absolute Gasteiger partial charge is 0.193 e. The lowest BCUT2D eigenvalue weighted by Crippen LogP contribution is -2.45. The number of nitrogens with zero attached hydrogens (tertiary/aromatic N) is 3. The summed E-state index contributed by atoms with van der Waals surface area (Å²) in [5.74, 6) is 1.65. The number of nitrogens with one attached hydrogen (secondary N) is 1. The van der Waals surface area contributed by atoms with Crippen LogP contribution in [0, 0.1) is 5.92 Å². The van der Waals surface area contributed by atoms with Gasteiger partial charge in [-0.2, -0.15) is 0 Å². The standard InChI is InChI=1S/C16H32N4O.HI/c1-13(2)20(15-5-6-15)9-8-18-16(17-3)19(4)11-14-7-10-21-12-14;/h13-15H,5-12H2,1-4H3,(H,17,18);1H. The van der Waals surface area contributed by atoms with Gasteiger partial charge in [-0.05, 0) is 33.1 Å². The van der Waals surface area contributed by atoms with Crippen LogP contribution >= 0.6 is 24.0 Å². The molecule has 1 unspecified atom stereocenters. The van der Waals surface area contributed by atoms with Gasteiger partial charge in [-0.1, -0.05) is 0 Å². The molecule has 1 saturated heterocycles. The zero-order valence-electron chi connectivity index (χ0n) is 14.5. The molecule has 2 rings (SSSR count). The minimum absolute atomic E-state index is 0. The van der Waals surface area contributed by atoms with Gasteiger partial charge in [0.2, 0.25) is 0 Å². The maximum atomic E-state index is 5.45. The van der Waals surface area contributed by atoms with Crippen molar-refractivity contribution >= 4 is 29.9 Å². The molecule has 0 spiro atoms. The van der Waals surface area contributed by atoms with Crippen LogP contribution in [0.25, 0.3) is 0 Å². The van der Waals surface area contributed by atoms with Crippen molar-refractivity contribution in [2.45, 2.75) is 45.2 Å². The molecule has 1 heterocycles. The van der Waals surface area contributed by atoms with E-state index in [9.17, 15) is 0 Å². The highest BCUT2D eigenvalue weighted by atomic mass is 127. The average molecular weight is 424 g/mol. The van der Waals surface area contributed by atoms with E-state index in [0.29, 0.717) is 12.0 Å². The maximum absolute atomic E-state index is 5.45. The first kappa shape index (κ1) is 20.0. The Morgan fingerprint density at radius 2 is 2.05 bits per heavy atom. The van der Waals surface area contributed by atoms with Crippen molar-refractivity contribution in [3.05, 3.63) is 0 Å². The Hall–Kier alpha value is -0.0800. The summed E-state index contributed by atoms with van der Waals surface area (Å²) in [6.07, 6.45) is 3.91. The molecule has 1 atom stereocenters. The van der Waals surface area contributed by atoms with Gasteiger partial charge in [0.25, 0.3) is 0 Å². The van der Waals surface area contributed by atoms with Gasteiger partial charge < -0.3 is 15.0 Å². The van der Waals surface area contributed by atoms with Crippen LogP contribution in [-0.4, -0.2) is 74.8 Å². The molecule has 0 aromatic carbocycles. The summed E-state index contributed by atoms with van der Waals surface area (Å²) in [6.45, 7) is 9.48. The van der Waals surface area contributed by atoms with Crippen LogP contribution in [0.1, 0.15) is 33.1 Å². The van der Waals surface area contributed by atoms with Gasteiger partial charge in [0.15, 0.2) is 5.96 Å². The van der Waals surface area contributed by atoms with E-state index in [-0.39, 0.29) is 24.0 Å². The molecule has 5 nitrogen and oxygen atoms in total. The third-order valence-corrected chi connectivity index (χ3v) is 4.46. The van der Waals surface area contributed by atoms with E-state index < -0.39 is 0 Å². The molecule has 130 valence electrons. The van der Waals surface area contributed by atoms with Gasteiger partial charge in [-0.25, -0.2) is 0 Å². The molecule has 6 heteroatoms. The Kier molecular flexibility index (Phi) is 9.01. The fourth-order valence-corrected chi connectivity index (χ4v) is 3.15. The van der Waals surface area contributed by atoms with Crippen LogP contribution in [0.2, 0.25) is 0 Å². The molecule has 0 aromatic rings. The Bertz CT molecular complexity index is 339. The molecular weight excluding hydrogens is 391 g/mol. The first-order valence-corrected chi connectivity index (χ1v) is 8.37. The van der Waals surface area contributed by atoms with Gasteiger partial charge in [-0.15, -0.1) is 24.0 Å². The zero-order valence-corrected chi connectivity index (χ0v) is 16.9. The molecule has 1 saturated carbocycles. The SMILES string of the molecule is CN=C(NCCN(C(C)C)C1CC1)N(C)CC1CCOC1.I. The third-order valence-electron chi connectivity index (χ3n) is 4.46. The Balaban J connectivity index is 0.00000242. The quantitative estimate of drug-likeness (QED) is 0.386. The summed E-state index contributed by atoms with van der Waals surface area (Å²) < 4.78 is 5.45. The van der Waals surface area contributed by atoms with E-state index in [2.05, 4.69) is 41.0 Å². The molecule has 1 N–H and O–H groups in total. The van der Waals surface area contributed by atoms with Crippen molar-refractivity contribution < 1.29 is 4.74 Å². The van der Waals surface area contributed by atoms with Gasteiger partial charge in [0.1, 0.15) is 0 Å². The highest BCUT2D eigenvalue weighted by molar-refractivity contribution is 14.0. The Morgan fingerprint density at radius 3 is 2.55 bits per heavy atom. The lowest BCUT2D eigenvalue weighted by atomic mass is 10.1. The Labute approximate surface area is 152 Å². The number of hydrogen-bond acceptors (Lipinski definition) is 3. The number of aliphatic imine (C=N–C) groups is 1. The monoisotopic (exact) mass is 424 g/mol.